The van der Waals surface area contributed by atoms with Crippen molar-refractivity contribution in [3.63, 3.8) is 0 Å². The summed E-state index contributed by atoms with van der Waals surface area (Å²) in [6.45, 7) is 1.98. The van der Waals surface area contributed by atoms with Crippen molar-refractivity contribution < 1.29 is 9.90 Å². The SMILES string of the molecule is Cc1ccc(C(=O)Nc2ncccc2O)cc1-c1ccc2nc(N)ncc2c1. The molecule has 2 aromatic heterocycles. The van der Waals surface area contributed by atoms with E-state index in [2.05, 4.69) is 20.3 Å². The van der Waals surface area contributed by atoms with Gasteiger partial charge in [0.15, 0.2) is 11.6 Å². The normalized spacial score (nSPS) is 10.8. The zero-order valence-corrected chi connectivity index (χ0v) is 15.0. The van der Waals surface area contributed by atoms with E-state index in [-0.39, 0.29) is 23.4 Å². The molecule has 4 N–H and O–H groups in total. The molecule has 2 heterocycles. The van der Waals surface area contributed by atoms with E-state index in [1.807, 2.05) is 37.3 Å². The highest BCUT2D eigenvalue weighted by Crippen LogP contribution is 2.28. The molecule has 7 heteroatoms. The van der Waals surface area contributed by atoms with Crippen LogP contribution in [0.25, 0.3) is 22.0 Å². The number of amides is 1. The van der Waals surface area contributed by atoms with Crippen molar-refractivity contribution in [1.29, 1.82) is 0 Å². The number of nitrogens with zero attached hydrogens (tertiary/aromatic N) is 3. The van der Waals surface area contributed by atoms with E-state index in [4.69, 9.17) is 5.73 Å². The van der Waals surface area contributed by atoms with Crippen molar-refractivity contribution in [3.8, 4) is 16.9 Å². The Morgan fingerprint density at radius 2 is 1.96 bits per heavy atom. The maximum atomic E-state index is 12.6. The van der Waals surface area contributed by atoms with Crippen LogP contribution in [0.2, 0.25) is 0 Å². The number of carbonyl (C=O) groups excluding carboxylic acids is 1. The van der Waals surface area contributed by atoms with Crippen LogP contribution >= 0.6 is 0 Å². The summed E-state index contributed by atoms with van der Waals surface area (Å²) in [7, 11) is 0. The highest BCUT2D eigenvalue weighted by molar-refractivity contribution is 6.05. The molecule has 138 valence electrons. The number of aromatic hydroxyl groups is 1. The van der Waals surface area contributed by atoms with Gasteiger partial charge in [-0.15, -0.1) is 0 Å². The monoisotopic (exact) mass is 371 g/mol. The number of fused-ring (bicyclic) bond motifs is 1. The van der Waals surface area contributed by atoms with Crippen LogP contribution in [0.5, 0.6) is 5.75 Å². The Bertz CT molecular complexity index is 1210. The number of rotatable bonds is 3. The average molecular weight is 371 g/mol. The molecule has 0 unspecified atom stereocenters. The van der Waals surface area contributed by atoms with Gasteiger partial charge >= 0.3 is 0 Å². The third kappa shape index (κ3) is 3.33. The number of nitrogens with two attached hydrogens (primary N) is 1. The summed E-state index contributed by atoms with van der Waals surface area (Å²) >= 11 is 0. The third-order valence-corrected chi connectivity index (χ3v) is 4.43. The van der Waals surface area contributed by atoms with Gasteiger partial charge in [0, 0.05) is 23.3 Å². The summed E-state index contributed by atoms with van der Waals surface area (Å²) in [6, 6.07) is 14.3. The second-order valence-corrected chi connectivity index (χ2v) is 6.36. The zero-order valence-electron chi connectivity index (χ0n) is 15.0. The molecule has 1 amide bonds. The molecule has 28 heavy (non-hydrogen) atoms. The summed E-state index contributed by atoms with van der Waals surface area (Å²) in [5.41, 5.74) is 9.72. The summed E-state index contributed by atoms with van der Waals surface area (Å²) in [5, 5.41) is 13.3. The van der Waals surface area contributed by atoms with Crippen molar-refractivity contribution in [1.82, 2.24) is 15.0 Å². The molecule has 0 bridgehead atoms. The number of hydrogen-bond acceptors (Lipinski definition) is 6. The number of pyridine rings is 1. The Labute approximate surface area is 160 Å². The number of carbonyl (C=O) groups is 1. The minimum absolute atomic E-state index is 0.0861. The van der Waals surface area contributed by atoms with Gasteiger partial charge in [0.25, 0.3) is 5.91 Å². The first kappa shape index (κ1) is 17.4. The van der Waals surface area contributed by atoms with Gasteiger partial charge in [-0.2, -0.15) is 0 Å². The lowest BCUT2D eigenvalue weighted by Crippen LogP contribution is -2.13. The summed E-state index contributed by atoms with van der Waals surface area (Å²) in [5.74, 6) is -0.0907. The quantitative estimate of drug-likeness (QED) is 0.507. The topological polar surface area (TPSA) is 114 Å². The van der Waals surface area contributed by atoms with Gasteiger partial charge in [-0.05, 0) is 60.0 Å². The van der Waals surface area contributed by atoms with Crippen LogP contribution in [-0.4, -0.2) is 26.0 Å². The Balaban J connectivity index is 1.70. The predicted octanol–water partition coefficient (Wildman–Crippen LogP) is 3.54. The Hall–Kier alpha value is -4.00. The Morgan fingerprint density at radius 1 is 1.11 bits per heavy atom. The number of benzene rings is 2. The number of nitrogen functional groups attached to an aromatic ring is 1. The third-order valence-electron chi connectivity index (χ3n) is 4.43. The fourth-order valence-corrected chi connectivity index (χ4v) is 2.96. The standard InChI is InChI=1S/C21H17N5O2/c1-12-4-5-14(20(28)26-19-18(27)3-2-8-23-19)10-16(12)13-6-7-17-15(9-13)11-24-21(22)25-17/h2-11,27H,1H3,(H2,22,24,25)(H,23,26,28). The number of hydrogen-bond donors (Lipinski definition) is 3. The Morgan fingerprint density at radius 3 is 2.79 bits per heavy atom. The lowest BCUT2D eigenvalue weighted by Gasteiger charge is -2.11. The molecule has 0 aliphatic heterocycles. The molecule has 0 saturated heterocycles. The molecule has 7 nitrogen and oxygen atoms in total. The van der Waals surface area contributed by atoms with Crippen molar-refractivity contribution in [2.75, 3.05) is 11.1 Å². The maximum Gasteiger partial charge on any atom is 0.256 e. The van der Waals surface area contributed by atoms with Crippen LogP contribution in [0.4, 0.5) is 11.8 Å². The molecule has 0 radical (unpaired) electrons. The molecule has 0 aliphatic carbocycles. The molecule has 2 aromatic carbocycles. The molecular weight excluding hydrogens is 354 g/mol. The number of aromatic nitrogens is 3. The molecule has 0 fully saturated rings. The molecule has 0 aliphatic rings. The number of aryl methyl sites for hydroxylation is 1. The van der Waals surface area contributed by atoms with E-state index < -0.39 is 0 Å². The largest absolute Gasteiger partial charge is 0.504 e. The molecule has 0 spiro atoms. The second kappa shape index (κ2) is 6.96. The van der Waals surface area contributed by atoms with Gasteiger partial charge in [0.05, 0.1) is 5.52 Å². The van der Waals surface area contributed by atoms with Crippen LogP contribution in [0.1, 0.15) is 15.9 Å². The van der Waals surface area contributed by atoms with Crippen molar-refractivity contribution in [3.05, 3.63) is 72.1 Å². The molecular formula is C21H17N5O2. The average Bonchev–Trinajstić information content (AvgIpc) is 2.69. The molecule has 4 rings (SSSR count). The summed E-state index contributed by atoms with van der Waals surface area (Å²) < 4.78 is 0. The first-order valence-corrected chi connectivity index (χ1v) is 8.60. The molecule has 0 saturated carbocycles. The van der Waals surface area contributed by atoms with Gasteiger partial charge < -0.3 is 16.2 Å². The van der Waals surface area contributed by atoms with E-state index >= 15 is 0 Å². The van der Waals surface area contributed by atoms with Crippen LogP contribution < -0.4 is 11.1 Å². The van der Waals surface area contributed by atoms with Crippen LogP contribution in [0.3, 0.4) is 0 Å². The van der Waals surface area contributed by atoms with Gasteiger partial charge in [-0.3, -0.25) is 4.79 Å². The first-order valence-electron chi connectivity index (χ1n) is 8.60. The second-order valence-electron chi connectivity index (χ2n) is 6.36. The first-order chi connectivity index (χ1) is 13.5. The Kier molecular flexibility index (Phi) is 4.33. The fourth-order valence-electron chi connectivity index (χ4n) is 2.96. The maximum absolute atomic E-state index is 12.6. The highest BCUT2D eigenvalue weighted by Gasteiger charge is 2.13. The van der Waals surface area contributed by atoms with Gasteiger partial charge in [-0.25, -0.2) is 15.0 Å². The van der Waals surface area contributed by atoms with E-state index in [9.17, 15) is 9.90 Å². The predicted molar refractivity (Wildman–Crippen MR) is 108 cm³/mol. The molecule has 4 aromatic rings. The van der Waals surface area contributed by atoms with Crippen LogP contribution in [0.15, 0.2) is 60.9 Å². The fraction of sp³-hybridized carbons (Fsp3) is 0.0476. The number of anilines is 2. The van der Waals surface area contributed by atoms with E-state index in [0.717, 1.165) is 27.6 Å². The van der Waals surface area contributed by atoms with Gasteiger partial charge in [0.2, 0.25) is 5.95 Å². The zero-order chi connectivity index (χ0) is 19.7. The summed E-state index contributed by atoms with van der Waals surface area (Å²) in [6.07, 6.45) is 3.18. The van der Waals surface area contributed by atoms with Crippen LogP contribution in [0, 0.1) is 6.92 Å². The van der Waals surface area contributed by atoms with Crippen LogP contribution in [-0.2, 0) is 0 Å². The van der Waals surface area contributed by atoms with Gasteiger partial charge in [-0.1, -0.05) is 12.1 Å². The lowest BCUT2D eigenvalue weighted by atomic mass is 9.97. The highest BCUT2D eigenvalue weighted by atomic mass is 16.3. The van der Waals surface area contributed by atoms with Crippen molar-refractivity contribution in [2.24, 2.45) is 0 Å². The van der Waals surface area contributed by atoms with E-state index in [0.29, 0.717) is 5.56 Å². The van der Waals surface area contributed by atoms with Crippen molar-refractivity contribution in [2.45, 2.75) is 6.92 Å². The van der Waals surface area contributed by atoms with E-state index in [1.54, 1.807) is 18.3 Å². The number of nitrogens with one attached hydrogen (secondary N) is 1. The minimum atomic E-state index is -0.354. The minimum Gasteiger partial charge on any atom is -0.504 e. The summed E-state index contributed by atoms with van der Waals surface area (Å²) in [4.78, 5) is 24.8. The smallest absolute Gasteiger partial charge is 0.256 e. The lowest BCUT2D eigenvalue weighted by molar-refractivity contribution is 0.102. The van der Waals surface area contributed by atoms with E-state index in [1.165, 1.54) is 12.3 Å². The van der Waals surface area contributed by atoms with Gasteiger partial charge in [0.1, 0.15) is 0 Å². The van der Waals surface area contributed by atoms with Crippen molar-refractivity contribution >= 4 is 28.6 Å². The molecule has 0 atom stereocenters.